The summed E-state index contributed by atoms with van der Waals surface area (Å²) in [5.74, 6) is 5.38. The number of nitrogens with one attached hydrogen (secondary N) is 1. The predicted molar refractivity (Wildman–Crippen MR) is 83.1 cm³/mol. The van der Waals surface area contributed by atoms with Gasteiger partial charge >= 0.3 is 0 Å². The Hall–Kier alpha value is -1.63. The number of ether oxygens (including phenoxy) is 2. The highest BCUT2D eigenvalue weighted by atomic mass is 16.5. The monoisotopic (exact) mass is 295 g/mol. The first-order chi connectivity index (χ1) is 10.2. The van der Waals surface area contributed by atoms with Gasteiger partial charge in [0, 0.05) is 26.3 Å². The number of nitrogens with two attached hydrogens (primary N) is 1. The fourth-order valence-corrected chi connectivity index (χ4v) is 1.92. The Morgan fingerprint density at radius 3 is 2.24 bits per heavy atom. The van der Waals surface area contributed by atoms with Gasteiger partial charge in [0.05, 0.1) is 24.5 Å². The quantitative estimate of drug-likeness (QED) is 0.388. The van der Waals surface area contributed by atoms with E-state index in [1.54, 1.807) is 17.0 Å². The molecule has 3 N–H and O–H groups in total. The minimum atomic E-state index is -0.0806. The predicted octanol–water partition coefficient (Wildman–Crippen LogP) is 1.49. The lowest BCUT2D eigenvalue weighted by atomic mass is 10.1. The minimum absolute atomic E-state index is 0.0806. The Kier molecular flexibility index (Phi) is 8.42. The third-order valence-electron chi connectivity index (χ3n) is 3.02. The van der Waals surface area contributed by atoms with Crippen molar-refractivity contribution in [3.05, 3.63) is 29.8 Å². The van der Waals surface area contributed by atoms with Crippen LogP contribution in [0.25, 0.3) is 0 Å². The van der Waals surface area contributed by atoms with Crippen molar-refractivity contribution >= 4 is 11.6 Å². The molecule has 0 aliphatic heterocycles. The molecule has 1 amide bonds. The summed E-state index contributed by atoms with van der Waals surface area (Å²) in [7, 11) is 0. The van der Waals surface area contributed by atoms with Gasteiger partial charge in [-0.2, -0.15) is 0 Å². The van der Waals surface area contributed by atoms with Gasteiger partial charge < -0.3 is 19.8 Å². The lowest BCUT2D eigenvalue weighted by molar-refractivity contribution is 0.0551. The van der Waals surface area contributed by atoms with E-state index >= 15 is 0 Å². The van der Waals surface area contributed by atoms with Crippen LogP contribution in [-0.4, -0.2) is 50.3 Å². The number of carbonyl (C=O) groups is 1. The van der Waals surface area contributed by atoms with Crippen LogP contribution < -0.4 is 11.3 Å². The number of amides is 1. The van der Waals surface area contributed by atoms with Crippen molar-refractivity contribution < 1.29 is 14.3 Å². The summed E-state index contributed by atoms with van der Waals surface area (Å²) in [6.45, 7) is 7.19. The number of nitrogens with zero attached hydrogens (tertiary/aromatic N) is 1. The van der Waals surface area contributed by atoms with Gasteiger partial charge in [-0.3, -0.25) is 10.6 Å². The Morgan fingerprint density at radius 2 is 1.71 bits per heavy atom. The first-order valence-corrected chi connectivity index (χ1v) is 7.25. The van der Waals surface area contributed by atoms with Crippen LogP contribution in [0.4, 0.5) is 5.69 Å². The standard InChI is InChI=1S/C15H25N3O3/c1-3-20-11-9-18(10-12-21-4-2)15(19)13-7-5-6-8-14(13)17-16/h5-8,17H,3-4,9-12,16H2,1-2H3. The van der Waals surface area contributed by atoms with Gasteiger partial charge in [-0.15, -0.1) is 0 Å². The number of benzene rings is 1. The molecule has 6 nitrogen and oxygen atoms in total. The van der Waals surface area contributed by atoms with Gasteiger partial charge in [0.25, 0.3) is 5.91 Å². The molecule has 0 aliphatic carbocycles. The molecule has 0 spiro atoms. The zero-order valence-corrected chi connectivity index (χ0v) is 12.8. The summed E-state index contributed by atoms with van der Waals surface area (Å²) in [5, 5.41) is 0. The molecular formula is C15H25N3O3. The maximum atomic E-state index is 12.6. The Bertz CT molecular complexity index is 416. The largest absolute Gasteiger partial charge is 0.380 e. The number of carbonyl (C=O) groups excluding carboxylic acids is 1. The number of rotatable bonds is 10. The molecule has 1 rings (SSSR count). The molecule has 0 fully saturated rings. The Labute approximate surface area is 126 Å². The van der Waals surface area contributed by atoms with Crippen molar-refractivity contribution in [1.82, 2.24) is 4.90 Å². The molecule has 0 aliphatic rings. The highest BCUT2D eigenvalue weighted by Gasteiger charge is 2.18. The second-order valence-corrected chi connectivity index (χ2v) is 4.38. The van der Waals surface area contributed by atoms with Crippen LogP contribution in [0.5, 0.6) is 0 Å². The number of nitrogen functional groups attached to an aromatic ring is 1. The minimum Gasteiger partial charge on any atom is -0.380 e. The summed E-state index contributed by atoms with van der Waals surface area (Å²) in [5.41, 5.74) is 3.72. The number of para-hydroxylation sites is 1. The lowest BCUT2D eigenvalue weighted by Crippen LogP contribution is -2.37. The highest BCUT2D eigenvalue weighted by molar-refractivity contribution is 5.99. The molecular weight excluding hydrogens is 270 g/mol. The molecule has 0 atom stereocenters. The van der Waals surface area contributed by atoms with Crippen LogP contribution in [0.3, 0.4) is 0 Å². The Balaban J connectivity index is 2.76. The van der Waals surface area contributed by atoms with Crippen LogP contribution in [0.2, 0.25) is 0 Å². The fraction of sp³-hybridized carbons (Fsp3) is 0.533. The molecule has 0 bridgehead atoms. The van der Waals surface area contributed by atoms with Crippen LogP contribution in [-0.2, 0) is 9.47 Å². The summed E-state index contributed by atoms with van der Waals surface area (Å²) < 4.78 is 10.7. The van der Waals surface area contributed by atoms with Crippen molar-refractivity contribution in [3.63, 3.8) is 0 Å². The maximum Gasteiger partial charge on any atom is 0.256 e. The van der Waals surface area contributed by atoms with E-state index in [-0.39, 0.29) is 5.91 Å². The second-order valence-electron chi connectivity index (χ2n) is 4.38. The van der Waals surface area contributed by atoms with Gasteiger partial charge in [0.15, 0.2) is 0 Å². The summed E-state index contributed by atoms with van der Waals surface area (Å²) >= 11 is 0. The molecule has 1 aromatic carbocycles. The van der Waals surface area contributed by atoms with Crippen molar-refractivity contribution in [1.29, 1.82) is 0 Å². The molecule has 21 heavy (non-hydrogen) atoms. The molecule has 118 valence electrons. The first kappa shape index (κ1) is 17.4. The van der Waals surface area contributed by atoms with Crippen molar-refractivity contribution in [2.75, 3.05) is 44.9 Å². The molecule has 0 heterocycles. The third-order valence-corrected chi connectivity index (χ3v) is 3.02. The summed E-state index contributed by atoms with van der Waals surface area (Å²) in [4.78, 5) is 14.4. The van der Waals surface area contributed by atoms with E-state index in [0.29, 0.717) is 50.8 Å². The van der Waals surface area contributed by atoms with Crippen molar-refractivity contribution in [2.24, 2.45) is 5.84 Å². The van der Waals surface area contributed by atoms with E-state index in [4.69, 9.17) is 15.3 Å². The number of hydrazine groups is 1. The SMILES string of the molecule is CCOCCN(CCOCC)C(=O)c1ccccc1NN. The van der Waals surface area contributed by atoms with Gasteiger partial charge in [0.1, 0.15) is 0 Å². The molecule has 0 saturated heterocycles. The van der Waals surface area contributed by atoms with E-state index in [1.807, 2.05) is 26.0 Å². The van der Waals surface area contributed by atoms with E-state index in [9.17, 15) is 4.79 Å². The average molecular weight is 295 g/mol. The van der Waals surface area contributed by atoms with Crippen molar-refractivity contribution in [3.8, 4) is 0 Å². The normalized spacial score (nSPS) is 10.4. The van der Waals surface area contributed by atoms with Gasteiger partial charge in [-0.25, -0.2) is 0 Å². The summed E-state index contributed by atoms with van der Waals surface area (Å²) in [6, 6.07) is 7.18. The highest BCUT2D eigenvalue weighted by Crippen LogP contribution is 2.16. The smallest absolute Gasteiger partial charge is 0.256 e. The van der Waals surface area contributed by atoms with E-state index in [0.717, 1.165) is 0 Å². The van der Waals surface area contributed by atoms with Gasteiger partial charge in [0.2, 0.25) is 0 Å². The molecule has 1 aromatic rings. The zero-order chi connectivity index (χ0) is 15.5. The number of anilines is 1. The van der Waals surface area contributed by atoms with Crippen LogP contribution in [0, 0.1) is 0 Å². The van der Waals surface area contributed by atoms with E-state index < -0.39 is 0 Å². The molecule has 0 radical (unpaired) electrons. The molecule has 6 heteroatoms. The third kappa shape index (κ3) is 5.71. The van der Waals surface area contributed by atoms with Crippen LogP contribution >= 0.6 is 0 Å². The topological polar surface area (TPSA) is 76.8 Å². The average Bonchev–Trinajstić information content (AvgIpc) is 2.53. The summed E-state index contributed by atoms with van der Waals surface area (Å²) in [6.07, 6.45) is 0. The second kappa shape index (κ2) is 10.1. The fourth-order valence-electron chi connectivity index (χ4n) is 1.92. The number of hydrogen-bond acceptors (Lipinski definition) is 5. The lowest BCUT2D eigenvalue weighted by Gasteiger charge is -2.23. The van der Waals surface area contributed by atoms with Gasteiger partial charge in [-0.05, 0) is 26.0 Å². The Morgan fingerprint density at radius 1 is 1.14 bits per heavy atom. The molecule has 0 aromatic heterocycles. The molecule has 0 unspecified atom stereocenters. The number of hydrogen-bond donors (Lipinski definition) is 2. The van der Waals surface area contributed by atoms with E-state index in [1.165, 1.54) is 0 Å². The van der Waals surface area contributed by atoms with E-state index in [2.05, 4.69) is 5.43 Å². The molecule has 0 saturated carbocycles. The van der Waals surface area contributed by atoms with Crippen LogP contribution in [0.1, 0.15) is 24.2 Å². The van der Waals surface area contributed by atoms with Crippen molar-refractivity contribution in [2.45, 2.75) is 13.8 Å². The zero-order valence-electron chi connectivity index (χ0n) is 12.8. The van der Waals surface area contributed by atoms with Crippen LogP contribution in [0.15, 0.2) is 24.3 Å². The first-order valence-electron chi connectivity index (χ1n) is 7.25. The van der Waals surface area contributed by atoms with Gasteiger partial charge in [-0.1, -0.05) is 12.1 Å². The maximum absolute atomic E-state index is 12.6.